The van der Waals surface area contributed by atoms with Gasteiger partial charge < -0.3 is 10.6 Å². The zero-order valence-electron chi connectivity index (χ0n) is 13.0. The van der Waals surface area contributed by atoms with Crippen LogP contribution in [0.15, 0.2) is 23.4 Å². The van der Waals surface area contributed by atoms with Crippen molar-refractivity contribution in [1.82, 2.24) is 14.6 Å². The highest BCUT2D eigenvalue weighted by atomic mass is 32.2. The zero-order chi connectivity index (χ0) is 15.9. The van der Waals surface area contributed by atoms with Gasteiger partial charge in [-0.3, -0.25) is 0 Å². The number of nitrogens with zero attached hydrogens (tertiary/aromatic N) is 2. The van der Waals surface area contributed by atoms with E-state index in [4.69, 9.17) is 5.73 Å². The van der Waals surface area contributed by atoms with E-state index < -0.39 is 10.0 Å². The number of rotatable bonds is 9. The highest BCUT2D eigenvalue weighted by Crippen LogP contribution is 2.14. The van der Waals surface area contributed by atoms with Crippen LogP contribution in [-0.2, 0) is 10.0 Å². The van der Waals surface area contributed by atoms with Gasteiger partial charge in [-0.05, 0) is 51.5 Å². The zero-order valence-corrected chi connectivity index (χ0v) is 13.9. The predicted octanol–water partition coefficient (Wildman–Crippen LogP) is 1.45. The lowest BCUT2D eigenvalue weighted by atomic mass is 10.2. The molecular formula is C14H26N4O2S. The van der Waals surface area contributed by atoms with Gasteiger partial charge in [0.05, 0.1) is 5.69 Å². The van der Waals surface area contributed by atoms with Crippen molar-refractivity contribution >= 4 is 15.7 Å². The van der Waals surface area contributed by atoms with Crippen molar-refractivity contribution in [2.75, 3.05) is 25.4 Å². The molecule has 0 radical (unpaired) electrons. The van der Waals surface area contributed by atoms with Gasteiger partial charge in [0, 0.05) is 12.2 Å². The van der Waals surface area contributed by atoms with Crippen molar-refractivity contribution in [3.63, 3.8) is 0 Å². The van der Waals surface area contributed by atoms with Crippen LogP contribution < -0.4 is 10.5 Å². The minimum atomic E-state index is -3.65. The lowest BCUT2D eigenvalue weighted by molar-refractivity contribution is 0.293. The highest BCUT2D eigenvalue weighted by molar-refractivity contribution is 7.89. The first-order chi connectivity index (χ1) is 9.90. The largest absolute Gasteiger partial charge is 0.396 e. The van der Waals surface area contributed by atoms with Crippen LogP contribution in [0, 0.1) is 0 Å². The molecule has 1 rings (SSSR count). The summed E-state index contributed by atoms with van der Waals surface area (Å²) in [7, 11) is -3.65. The highest BCUT2D eigenvalue weighted by Gasteiger charge is 2.21. The molecule has 0 fully saturated rings. The average molecular weight is 314 g/mol. The molecular weight excluding hydrogens is 288 g/mol. The van der Waals surface area contributed by atoms with Gasteiger partial charge in [-0.25, -0.2) is 18.1 Å². The third-order valence-corrected chi connectivity index (χ3v) is 4.98. The molecule has 1 heterocycles. The fraction of sp³-hybridized carbons (Fsp3) is 0.643. The molecule has 1 aromatic heterocycles. The molecule has 0 aromatic carbocycles. The SMILES string of the molecule is CCN(CC)CCCC(C)NS(=O)(=O)c1ncccc1N. The summed E-state index contributed by atoms with van der Waals surface area (Å²) in [6, 6.07) is 3.00. The standard InChI is InChI=1S/C14H26N4O2S/c1-4-18(5-2)11-7-8-12(3)17-21(19,20)14-13(15)9-6-10-16-14/h6,9-10,12,17H,4-5,7-8,11,15H2,1-3H3. The van der Waals surface area contributed by atoms with E-state index in [0.717, 1.165) is 32.5 Å². The molecule has 0 aliphatic heterocycles. The molecule has 1 atom stereocenters. The van der Waals surface area contributed by atoms with Crippen LogP contribution in [0.2, 0.25) is 0 Å². The van der Waals surface area contributed by atoms with E-state index in [2.05, 4.69) is 28.5 Å². The third-order valence-electron chi connectivity index (χ3n) is 3.42. The predicted molar refractivity (Wildman–Crippen MR) is 85.5 cm³/mol. The number of nitrogens with two attached hydrogens (primary N) is 1. The Morgan fingerprint density at radius 1 is 1.38 bits per heavy atom. The van der Waals surface area contributed by atoms with E-state index >= 15 is 0 Å². The molecule has 3 N–H and O–H groups in total. The number of hydrogen-bond donors (Lipinski definition) is 2. The van der Waals surface area contributed by atoms with Gasteiger partial charge in [-0.1, -0.05) is 13.8 Å². The molecule has 120 valence electrons. The van der Waals surface area contributed by atoms with Crippen molar-refractivity contribution < 1.29 is 8.42 Å². The van der Waals surface area contributed by atoms with Gasteiger partial charge in [0.15, 0.2) is 5.03 Å². The summed E-state index contributed by atoms with van der Waals surface area (Å²) in [5.74, 6) is 0. The second-order valence-electron chi connectivity index (χ2n) is 5.09. The fourth-order valence-corrected chi connectivity index (χ4v) is 3.51. The van der Waals surface area contributed by atoms with Crippen molar-refractivity contribution in [3.8, 4) is 0 Å². The van der Waals surface area contributed by atoms with E-state index in [0.29, 0.717) is 0 Å². The minimum Gasteiger partial charge on any atom is -0.396 e. The molecule has 0 spiro atoms. The number of sulfonamides is 1. The fourth-order valence-electron chi connectivity index (χ4n) is 2.17. The summed E-state index contributed by atoms with van der Waals surface area (Å²) >= 11 is 0. The second kappa shape index (κ2) is 8.31. The normalized spacial score (nSPS) is 13.5. The van der Waals surface area contributed by atoms with Gasteiger partial charge in [0.2, 0.25) is 0 Å². The Balaban J connectivity index is 2.54. The monoisotopic (exact) mass is 314 g/mol. The van der Waals surface area contributed by atoms with Crippen molar-refractivity contribution in [3.05, 3.63) is 18.3 Å². The van der Waals surface area contributed by atoms with Crippen molar-refractivity contribution in [2.24, 2.45) is 0 Å². The number of anilines is 1. The lowest BCUT2D eigenvalue weighted by Gasteiger charge is -2.19. The maximum absolute atomic E-state index is 12.2. The van der Waals surface area contributed by atoms with Crippen LogP contribution in [0.1, 0.15) is 33.6 Å². The first-order valence-electron chi connectivity index (χ1n) is 7.35. The number of hydrogen-bond acceptors (Lipinski definition) is 5. The topological polar surface area (TPSA) is 88.3 Å². The maximum atomic E-state index is 12.2. The van der Waals surface area contributed by atoms with Crippen LogP contribution >= 0.6 is 0 Å². The number of pyridine rings is 1. The Bertz CT molecular complexity index is 530. The third kappa shape index (κ3) is 5.61. The lowest BCUT2D eigenvalue weighted by Crippen LogP contribution is -2.34. The van der Waals surface area contributed by atoms with Crippen LogP contribution in [-0.4, -0.2) is 44.0 Å². The van der Waals surface area contributed by atoms with Gasteiger partial charge >= 0.3 is 0 Å². The number of aromatic nitrogens is 1. The first kappa shape index (κ1) is 17.9. The molecule has 0 aliphatic carbocycles. The minimum absolute atomic E-state index is 0.0967. The molecule has 0 saturated carbocycles. The van der Waals surface area contributed by atoms with Gasteiger partial charge in [-0.15, -0.1) is 0 Å². The molecule has 21 heavy (non-hydrogen) atoms. The second-order valence-corrected chi connectivity index (χ2v) is 6.72. The molecule has 7 heteroatoms. The smallest absolute Gasteiger partial charge is 0.260 e. The molecule has 0 saturated heterocycles. The van der Waals surface area contributed by atoms with E-state index in [1.54, 1.807) is 6.07 Å². The van der Waals surface area contributed by atoms with Gasteiger partial charge in [-0.2, -0.15) is 0 Å². The summed E-state index contributed by atoms with van der Waals surface area (Å²) in [6.45, 7) is 9.12. The van der Waals surface area contributed by atoms with Crippen molar-refractivity contribution in [1.29, 1.82) is 0 Å². The Kier molecular flexibility index (Phi) is 7.07. The number of nitrogen functional groups attached to an aromatic ring is 1. The molecule has 1 unspecified atom stereocenters. The molecule has 1 aromatic rings. The van der Waals surface area contributed by atoms with E-state index in [-0.39, 0.29) is 16.8 Å². The van der Waals surface area contributed by atoms with Gasteiger partial charge in [0.25, 0.3) is 10.0 Å². The first-order valence-corrected chi connectivity index (χ1v) is 8.84. The maximum Gasteiger partial charge on any atom is 0.260 e. The van der Waals surface area contributed by atoms with E-state index in [9.17, 15) is 8.42 Å². The van der Waals surface area contributed by atoms with Crippen LogP contribution in [0.5, 0.6) is 0 Å². The molecule has 6 nitrogen and oxygen atoms in total. The average Bonchev–Trinajstić information content (AvgIpc) is 2.43. The summed E-state index contributed by atoms with van der Waals surface area (Å²) < 4.78 is 27.1. The summed E-state index contributed by atoms with van der Waals surface area (Å²) in [5, 5.41) is -0.0967. The van der Waals surface area contributed by atoms with Crippen LogP contribution in [0.3, 0.4) is 0 Å². The molecule has 0 aliphatic rings. The van der Waals surface area contributed by atoms with E-state index in [1.165, 1.54) is 12.3 Å². The molecule has 0 bridgehead atoms. The van der Waals surface area contributed by atoms with Crippen LogP contribution in [0.25, 0.3) is 0 Å². The summed E-state index contributed by atoms with van der Waals surface area (Å²) in [5.41, 5.74) is 5.84. The Morgan fingerprint density at radius 2 is 2.05 bits per heavy atom. The van der Waals surface area contributed by atoms with Crippen molar-refractivity contribution in [2.45, 2.75) is 44.7 Å². The van der Waals surface area contributed by atoms with Gasteiger partial charge in [0.1, 0.15) is 0 Å². The van der Waals surface area contributed by atoms with Crippen LogP contribution in [0.4, 0.5) is 5.69 Å². The van der Waals surface area contributed by atoms with E-state index in [1.807, 2.05) is 6.92 Å². The quantitative estimate of drug-likeness (QED) is 0.720. The number of nitrogens with one attached hydrogen (secondary N) is 1. The summed E-state index contributed by atoms with van der Waals surface area (Å²) in [6.07, 6.45) is 3.15. The Hall–Kier alpha value is -1.18. The molecule has 0 amide bonds. The summed E-state index contributed by atoms with van der Waals surface area (Å²) in [4.78, 5) is 6.17. The Morgan fingerprint density at radius 3 is 2.62 bits per heavy atom. The Labute approximate surface area is 127 Å².